The molecule has 1 N–H and O–H groups in total. The van der Waals surface area contributed by atoms with E-state index in [0.717, 1.165) is 35.9 Å². The maximum atomic E-state index is 14.1. The molecule has 2 aromatic rings. The summed E-state index contributed by atoms with van der Waals surface area (Å²) in [7, 11) is 0. The number of hydrogen-bond acceptors (Lipinski definition) is 5. The van der Waals surface area contributed by atoms with Gasteiger partial charge in [0.1, 0.15) is 17.2 Å². The second kappa shape index (κ2) is 6.77. The van der Waals surface area contributed by atoms with Gasteiger partial charge in [-0.05, 0) is 42.0 Å². The zero-order valence-corrected chi connectivity index (χ0v) is 14.4. The fraction of sp³-hybridized carbons (Fsp3) is 0.438. The van der Waals surface area contributed by atoms with E-state index in [4.69, 9.17) is 0 Å². The van der Waals surface area contributed by atoms with Crippen molar-refractivity contribution < 1.29 is 18.4 Å². The van der Waals surface area contributed by atoms with Crippen LogP contribution >= 0.6 is 0 Å². The number of aromatic nitrogens is 4. The monoisotopic (exact) mass is 364 g/mol. The van der Waals surface area contributed by atoms with E-state index in [9.17, 15) is 18.4 Å². The molecule has 0 saturated carbocycles. The van der Waals surface area contributed by atoms with Crippen LogP contribution in [0.15, 0.2) is 18.2 Å². The molecule has 0 aliphatic carbocycles. The van der Waals surface area contributed by atoms with Crippen LogP contribution < -0.4 is 5.32 Å². The van der Waals surface area contributed by atoms with Crippen LogP contribution in [0.2, 0.25) is 0 Å². The molecule has 0 spiro atoms. The van der Waals surface area contributed by atoms with Crippen molar-refractivity contribution in [2.24, 2.45) is 0 Å². The Morgan fingerprint density at radius 3 is 2.77 bits per heavy atom. The van der Waals surface area contributed by atoms with Gasteiger partial charge >= 0.3 is 6.03 Å². The number of urea groups is 1. The zero-order valence-electron chi connectivity index (χ0n) is 14.4. The molecule has 138 valence electrons. The number of rotatable bonds is 6. The second-order valence-electron chi connectivity index (χ2n) is 6.24. The summed E-state index contributed by atoms with van der Waals surface area (Å²) >= 11 is 0. The number of tetrazole rings is 1. The molecule has 1 unspecified atom stereocenters. The molecule has 2 heterocycles. The average Bonchev–Trinajstić information content (AvgIpc) is 3.13. The lowest BCUT2D eigenvalue weighted by Gasteiger charge is -2.22. The van der Waals surface area contributed by atoms with Gasteiger partial charge in [-0.25, -0.2) is 18.3 Å². The van der Waals surface area contributed by atoms with Gasteiger partial charge in [0, 0.05) is 12.1 Å². The van der Waals surface area contributed by atoms with Crippen LogP contribution in [0.3, 0.4) is 0 Å². The molecule has 3 rings (SSSR count). The van der Waals surface area contributed by atoms with Crippen LogP contribution in [0.5, 0.6) is 0 Å². The van der Waals surface area contributed by atoms with E-state index in [1.165, 1.54) is 11.6 Å². The first kappa shape index (κ1) is 17.9. The Bertz CT molecular complexity index is 855. The summed E-state index contributed by atoms with van der Waals surface area (Å²) < 4.78 is 29.2. The molecule has 1 atom stereocenters. The van der Waals surface area contributed by atoms with Gasteiger partial charge < -0.3 is 5.32 Å². The predicted molar refractivity (Wildman–Crippen MR) is 85.5 cm³/mol. The molecular formula is C16H18F2N6O2. The van der Waals surface area contributed by atoms with E-state index in [0.29, 0.717) is 12.4 Å². The summed E-state index contributed by atoms with van der Waals surface area (Å²) in [6.45, 7) is 3.75. The van der Waals surface area contributed by atoms with Gasteiger partial charge in [0.25, 0.3) is 5.91 Å². The molecule has 1 aliphatic heterocycles. The normalized spacial score (nSPS) is 19.9. The van der Waals surface area contributed by atoms with Crippen molar-refractivity contribution in [2.75, 3.05) is 0 Å². The van der Waals surface area contributed by atoms with Crippen LogP contribution in [0.25, 0.3) is 0 Å². The number of unbranched alkanes of at least 4 members (excludes halogenated alkanes) is 1. The third-order valence-electron chi connectivity index (χ3n) is 4.37. The summed E-state index contributed by atoms with van der Waals surface area (Å²) in [6.07, 6.45) is 1.77. The van der Waals surface area contributed by atoms with Crippen LogP contribution in [-0.4, -0.2) is 37.0 Å². The van der Waals surface area contributed by atoms with E-state index in [1.54, 1.807) is 0 Å². The van der Waals surface area contributed by atoms with Crippen LogP contribution in [-0.2, 0) is 23.4 Å². The molecule has 1 aromatic heterocycles. The first-order valence-corrected chi connectivity index (χ1v) is 8.21. The number of hydrogen-bond donors (Lipinski definition) is 1. The zero-order chi connectivity index (χ0) is 18.9. The number of nitrogens with zero attached hydrogens (tertiary/aromatic N) is 5. The van der Waals surface area contributed by atoms with E-state index < -0.39 is 29.1 Å². The van der Waals surface area contributed by atoms with Crippen molar-refractivity contribution >= 4 is 11.9 Å². The van der Waals surface area contributed by atoms with Crippen LogP contribution in [0.4, 0.5) is 13.6 Å². The summed E-state index contributed by atoms with van der Waals surface area (Å²) in [5.41, 5.74) is -1.94. The minimum absolute atomic E-state index is 0.159. The molecule has 0 radical (unpaired) electrons. The van der Waals surface area contributed by atoms with Gasteiger partial charge in [0.15, 0.2) is 5.82 Å². The number of carbonyl (C=O) groups excluding carboxylic acids is 2. The van der Waals surface area contributed by atoms with Gasteiger partial charge in [0.05, 0.1) is 6.54 Å². The Morgan fingerprint density at radius 2 is 2.04 bits per heavy atom. The highest BCUT2D eigenvalue weighted by Gasteiger charge is 2.50. The fourth-order valence-electron chi connectivity index (χ4n) is 2.86. The molecule has 26 heavy (non-hydrogen) atoms. The summed E-state index contributed by atoms with van der Waals surface area (Å²) in [5, 5.41) is 13.7. The van der Waals surface area contributed by atoms with Crippen LogP contribution in [0.1, 0.15) is 38.1 Å². The van der Waals surface area contributed by atoms with E-state index >= 15 is 0 Å². The van der Waals surface area contributed by atoms with Gasteiger partial charge in [0.2, 0.25) is 0 Å². The quantitative estimate of drug-likeness (QED) is 0.788. The Balaban J connectivity index is 1.88. The summed E-state index contributed by atoms with van der Waals surface area (Å²) in [4.78, 5) is 26.1. The highest BCUT2D eigenvalue weighted by molar-refractivity contribution is 6.07. The van der Waals surface area contributed by atoms with E-state index in [-0.39, 0.29) is 12.1 Å². The molecule has 10 heteroatoms. The Labute approximate surface area is 148 Å². The summed E-state index contributed by atoms with van der Waals surface area (Å²) in [5.74, 6) is -1.84. The number of benzene rings is 1. The van der Waals surface area contributed by atoms with E-state index in [2.05, 4.69) is 20.8 Å². The molecule has 0 bridgehead atoms. The standard InChI is InChI=1S/C16H18F2N6O2/c1-3-4-7-24-13(20-21-22-24)9-23-14(25)16(2,19-15(23)26)11-8-10(17)5-6-12(11)18/h5-6,8H,3-4,7,9H2,1-2H3,(H,19,26). The first-order chi connectivity index (χ1) is 12.4. The molecule has 1 aliphatic rings. The maximum absolute atomic E-state index is 14.1. The third kappa shape index (κ3) is 3.02. The number of halogens is 2. The first-order valence-electron chi connectivity index (χ1n) is 8.21. The van der Waals surface area contributed by atoms with Gasteiger partial charge in [-0.1, -0.05) is 13.3 Å². The van der Waals surface area contributed by atoms with Crippen molar-refractivity contribution in [3.05, 3.63) is 41.2 Å². The Morgan fingerprint density at radius 1 is 1.27 bits per heavy atom. The van der Waals surface area contributed by atoms with Crippen molar-refractivity contribution in [3.8, 4) is 0 Å². The van der Waals surface area contributed by atoms with Crippen LogP contribution in [0, 0.1) is 11.6 Å². The maximum Gasteiger partial charge on any atom is 0.325 e. The molecule has 3 amide bonds. The minimum Gasteiger partial charge on any atom is -0.319 e. The van der Waals surface area contributed by atoms with Gasteiger partial charge in [-0.2, -0.15) is 0 Å². The number of imide groups is 1. The smallest absolute Gasteiger partial charge is 0.319 e. The second-order valence-corrected chi connectivity index (χ2v) is 6.24. The van der Waals surface area contributed by atoms with Gasteiger partial charge in [-0.15, -0.1) is 5.10 Å². The number of amides is 3. The molecule has 1 fully saturated rings. The fourth-order valence-corrected chi connectivity index (χ4v) is 2.86. The highest BCUT2D eigenvalue weighted by atomic mass is 19.1. The lowest BCUT2D eigenvalue weighted by atomic mass is 9.91. The summed E-state index contributed by atoms with van der Waals surface area (Å²) in [6, 6.07) is 2.06. The molecule has 1 saturated heterocycles. The minimum atomic E-state index is -1.70. The Kier molecular flexibility index (Phi) is 4.66. The van der Waals surface area contributed by atoms with Crippen molar-refractivity contribution in [3.63, 3.8) is 0 Å². The van der Waals surface area contributed by atoms with Crippen molar-refractivity contribution in [1.29, 1.82) is 0 Å². The number of aryl methyl sites for hydroxylation is 1. The third-order valence-corrected chi connectivity index (χ3v) is 4.37. The van der Waals surface area contributed by atoms with Crippen molar-refractivity contribution in [1.82, 2.24) is 30.4 Å². The van der Waals surface area contributed by atoms with Gasteiger partial charge in [-0.3, -0.25) is 9.69 Å². The van der Waals surface area contributed by atoms with Crippen molar-refractivity contribution in [2.45, 2.75) is 45.3 Å². The number of carbonyl (C=O) groups is 2. The predicted octanol–water partition coefficient (Wildman–Crippen LogP) is 1.72. The average molecular weight is 364 g/mol. The Hall–Kier alpha value is -2.91. The largest absolute Gasteiger partial charge is 0.325 e. The molecule has 8 nitrogen and oxygen atoms in total. The number of nitrogens with one attached hydrogen (secondary N) is 1. The highest BCUT2D eigenvalue weighted by Crippen LogP contribution is 2.31. The van der Waals surface area contributed by atoms with E-state index in [1.807, 2.05) is 6.92 Å². The molecule has 1 aromatic carbocycles. The lowest BCUT2D eigenvalue weighted by Crippen LogP contribution is -2.41. The lowest BCUT2D eigenvalue weighted by molar-refractivity contribution is -0.131. The molecular weight excluding hydrogens is 346 g/mol. The topological polar surface area (TPSA) is 93.0 Å². The SMILES string of the molecule is CCCCn1nnnc1CN1C(=O)NC(C)(c2cc(F)ccc2F)C1=O.